The number of hydrogen-bond acceptors (Lipinski definition) is 2. The first kappa shape index (κ1) is 11.4. The van der Waals surface area contributed by atoms with E-state index in [1.54, 1.807) is 6.26 Å². The van der Waals surface area contributed by atoms with Gasteiger partial charge in [-0.25, -0.2) is 0 Å². The van der Waals surface area contributed by atoms with Crippen LogP contribution < -0.4 is 0 Å². The Labute approximate surface area is 117 Å². The molecule has 2 nitrogen and oxygen atoms in total. The van der Waals surface area contributed by atoms with Crippen molar-refractivity contribution in [3.8, 4) is 11.3 Å². The fraction of sp³-hybridized carbons (Fsp3) is 0.111. The molecular formula is C18H14O2. The van der Waals surface area contributed by atoms with E-state index in [1.165, 1.54) is 10.8 Å². The molecule has 0 atom stereocenters. The van der Waals surface area contributed by atoms with Crippen LogP contribution in [0.15, 0.2) is 65.3 Å². The van der Waals surface area contributed by atoms with Crippen molar-refractivity contribution in [2.45, 2.75) is 6.42 Å². The van der Waals surface area contributed by atoms with E-state index >= 15 is 0 Å². The van der Waals surface area contributed by atoms with Gasteiger partial charge >= 0.3 is 0 Å². The molecule has 1 aliphatic rings. The van der Waals surface area contributed by atoms with Crippen molar-refractivity contribution < 1.29 is 9.15 Å². The minimum atomic E-state index is 0.781. The van der Waals surface area contributed by atoms with E-state index in [1.807, 2.05) is 12.1 Å². The summed E-state index contributed by atoms with van der Waals surface area (Å²) in [4.78, 5) is 0. The Bertz CT molecular complexity index is 782. The summed E-state index contributed by atoms with van der Waals surface area (Å²) >= 11 is 0. The normalized spacial score (nSPS) is 14.3. The van der Waals surface area contributed by atoms with Gasteiger partial charge in [0.15, 0.2) is 0 Å². The zero-order valence-corrected chi connectivity index (χ0v) is 11.0. The minimum absolute atomic E-state index is 0.781. The summed E-state index contributed by atoms with van der Waals surface area (Å²) in [6, 6.07) is 16.5. The Morgan fingerprint density at radius 2 is 1.60 bits per heavy atom. The minimum Gasteiger partial charge on any atom is -0.493 e. The number of fused-ring (bicyclic) bond motifs is 1. The van der Waals surface area contributed by atoms with Crippen molar-refractivity contribution in [1.29, 1.82) is 0 Å². The predicted octanol–water partition coefficient (Wildman–Crippen LogP) is 4.86. The topological polar surface area (TPSA) is 22.4 Å². The Kier molecular flexibility index (Phi) is 2.59. The third kappa shape index (κ3) is 1.73. The highest BCUT2D eigenvalue weighted by atomic mass is 16.5. The first-order chi connectivity index (χ1) is 9.93. The van der Waals surface area contributed by atoms with Crippen LogP contribution in [0.4, 0.5) is 0 Å². The molecule has 3 aromatic rings. The first-order valence-corrected chi connectivity index (χ1v) is 6.82. The average Bonchev–Trinajstić information content (AvgIpc) is 3.19. The second-order valence-electron chi connectivity index (χ2n) is 4.89. The van der Waals surface area contributed by atoms with Crippen LogP contribution in [0.2, 0.25) is 0 Å². The van der Waals surface area contributed by atoms with Gasteiger partial charge in [-0.2, -0.15) is 0 Å². The molecule has 20 heavy (non-hydrogen) atoms. The van der Waals surface area contributed by atoms with Crippen LogP contribution >= 0.6 is 0 Å². The second-order valence-corrected chi connectivity index (χ2v) is 4.89. The molecule has 0 N–H and O–H groups in total. The number of rotatable bonds is 2. The van der Waals surface area contributed by atoms with Crippen LogP contribution in [0.5, 0.6) is 0 Å². The Hall–Kier alpha value is -2.48. The van der Waals surface area contributed by atoms with E-state index < -0.39 is 0 Å². The molecule has 0 radical (unpaired) electrons. The van der Waals surface area contributed by atoms with Crippen LogP contribution in [0, 0.1) is 0 Å². The van der Waals surface area contributed by atoms with Crippen molar-refractivity contribution in [2.24, 2.45) is 0 Å². The smallest absolute Gasteiger partial charge is 0.134 e. The summed E-state index contributed by atoms with van der Waals surface area (Å²) in [5.41, 5.74) is 2.28. The van der Waals surface area contributed by atoms with Crippen molar-refractivity contribution in [2.75, 3.05) is 6.61 Å². The van der Waals surface area contributed by atoms with Crippen LogP contribution in [0.3, 0.4) is 0 Å². The first-order valence-electron chi connectivity index (χ1n) is 6.82. The molecule has 98 valence electrons. The van der Waals surface area contributed by atoms with Crippen LogP contribution in [-0.2, 0) is 4.74 Å². The zero-order valence-electron chi connectivity index (χ0n) is 11.0. The maximum atomic E-state index is 5.72. The zero-order chi connectivity index (χ0) is 13.4. The molecule has 1 aliphatic heterocycles. The van der Waals surface area contributed by atoms with Crippen molar-refractivity contribution in [1.82, 2.24) is 0 Å². The maximum Gasteiger partial charge on any atom is 0.134 e. The Morgan fingerprint density at radius 1 is 0.800 bits per heavy atom. The highest BCUT2D eigenvalue weighted by Crippen LogP contribution is 2.34. The predicted molar refractivity (Wildman–Crippen MR) is 80.2 cm³/mol. The van der Waals surface area contributed by atoms with Gasteiger partial charge in [0, 0.05) is 17.5 Å². The van der Waals surface area contributed by atoms with Crippen LogP contribution in [-0.4, -0.2) is 6.61 Å². The van der Waals surface area contributed by atoms with E-state index in [0.717, 1.165) is 35.7 Å². The molecule has 0 bridgehead atoms. The third-order valence-electron chi connectivity index (χ3n) is 3.68. The molecule has 2 heterocycles. The van der Waals surface area contributed by atoms with Crippen molar-refractivity contribution in [3.05, 3.63) is 66.4 Å². The van der Waals surface area contributed by atoms with Gasteiger partial charge in [-0.1, -0.05) is 36.4 Å². The lowest BCUT2D eigenvalue weighted by Gasteiger charge is -2.10. The molecule has 0 fully saturated rings. The number of ether oxygens (including phenoxy) is 1. The van der Waals surface area contributed by atoms with Gasteiger partial charge in [-0.05, 0) is 29.0 Å². The summed E-state index contributed by atoms with van der Waals surface area (Å²) in [5.74, 6) is 1.89. The molecule has 0 spiro atoms. The van der Waals surface area contributed by atoms with Gasteiger partial charge < -0.3 is 9.15 Å². The van der Waals surface area contributed by atoms with Gasteiger partial charge in [0.25, 0.3) is 0 Å². The fourth-order valence-corrected chi connectivity index (χ4v) is 2.78. The maximum absolute atomic E-state index is 5.72. The summed E-state index contributed by atoms with van der Waals surface area (Å²) in [5, 5.41) is 2.39. The summed E-state index contributed by atoms with van der Waals surface area (Å²) < 4.78 is 11.3. The van der Waals surface area contributed by atoms with Crippen LogP contribution in [0.1, 0.15) is 12.0 Å². The van der Waals surface area contributed by atoms with Crippen molar-refractivity contribution >= 4 is 16.5 Å². The van der Waals surface area contributed by atoms with Gasteiger partial charge in [0.1, 0.15) is 11.5 Å². The highest BCUT2D eigenvalue weighted by molar-refractivity contribution is 6.01. The highest BCUT2D eigenvalue weighted by Gasteiger charge is 2.13. The Morgan fingerprint density at radius 3 is 2.30 bits per heavy atom. The molecule has 4 rings (SSSR count). The number of benzene rings is 2. The summed E-state index contributed by atoms with van der Waals surface area (Å²) in [6.45, 7) is 0.781. The fourth-order valence-electron chi connectivity index (χ4n) is 2.78. The molecule has 2 aromatic carbocycles. The molecule has 2 heteroatoms. The van der Waals surface area contributed by atoms with E-state index in [0.29, 0.717) is 0 Å². The molecule has 0 amide bonds. The van der Waals surface area contributed by atoms with Gasteiger partial charge in [0.05, 0.1) is 12.9 Å². The second kappa shape index (κ2) is 4.57. The quantitative estimate of drug-likeness (QED) is 0.658. The van der Waals surface area contributed by atoms with E-state index in [-0.39, 0.29) is 0 Å². The lowest BCUT2D eigenvalue weighted by atomic mass is 9.98. The van der Waals surface area contributed by atoms with E-state index in [4.69, 9.17) is 9.15 Å². The number of hydrogen-bond donors (Lipinski definition) is 0. The molecular weight excluding hydrogens is 248 g/mol. The van der Waals surface area contributed by atoms with Gasteiger partial charge in [-0.3, -0.25) is 0 Å². The Balaban J connectivity index is 1.98. The summed E-state index contributed by atoms with van der Waals surface area (Å²) in [6.07, 6.45) is 4.86. The van der Waals surface area contributed by atoms with Crippen LogP contribution in [0.25, 0.3) is 27.9 Å². The SMILES string of the molecule is C1=C(c2cccc3c(-c4ccco4)cccc23)OCC1. The molecule has 0 aliphatic carbocycles. The molecule has 0 unspecified atom stereocenters. The average molecular weight is 262 g/mol. The molecule has 1 aromatic heterocycles. The molecule has 0 saturated carbocycles. The molecule has 0 saturated heterocycles. The monoisotopic (exact) mass is 262 g/mol. The lowest BCUT2D eigenvalue weighted by Crippen LogP contribution is -1.89. The van der Waals surface area contributed by atoms with Gasteiger partial charge in [0.2, 0.25) is 0 Å². The standard InChI is InChI=1S/C18H14O2/c1-5-13-14(15(7-1)17-9-3-11-19-17)6-2-8-16(13)18-10-4-12-20-18/h1-3,5-11H,4,12H2. The van der Waals surface area contributed by atoms with E-state index in [9.17, 15) is 0 Å². The lowest BCUT2D eigenvalue weighted by molar-refractivity contribution is 0.308. The largest absolute Gasteiger partial charge is 0.493 e. The van der Waals surface area contributed by atoms with Gasteiger partial charge in [-0.15, -0.1) is 0 Å². The summed E-state index contributed by atoms with van der Waals surface area (Å²) in [7, 11) is 0. The third-order valence-corrected chi connectivity index (χ3v) is 3.68. The van der Waals surface area contributed by atoms with Crippen molar-refractivity contribution in [3.63, 3.8) is 0 Å². The van der Waals surface area contributed by atoms with E-state index in [2.05, 4.69) is 42.5 Å². The number of furan rings is 1.